The summed E-state index contributed by atoms with van der Waals surface area (Å²) in [7, 11) is 0. The average molecular weight is 279 g/mol. The van der Waals surface area contributed by atoms with E-state index in [1.54, 1.807) is 6.20 Å². The second kappa shape index (κ2) is 5.35. The summed E-state index contributed by atoms with van der Waals surface area (Å²) in [5.41, 5.74) is 4.00. The number of nitrogens with zero attached hydrogens (tertiary/aromatic N) is 2. The van der Waals surface area contributed by atoms with Gasteiger partial charge in [-0.2, -0.15) is 0 Å². The van der Waals surface area contributed by atoms with E-state index in [9.17, 15) is 0 Å². The molecule has 3 aromatic rings. The fraction of sp³-hybridized carbons (Fsp3) is 0.0625. The number of H-pyrrole nitrogens is 1. The number of aromatic amines is 1. The average Bonchev–Trinajstić information content (AvgIpc) is 2.47. The lowest BCUT2D eigenvalue weighted by Gasteiger charge is -2.06. The van der Waals surface area contributed by atoms with E-state index in [0.29, 0.717) is 4.64 Å². The van der Waals surface area contributed by atoms with Crippen LogP contribution in [-0.4, -0.2) is 15.0 Å². The van der Waals surface area contributed by atoms with Crippen LogP contribution in [0.1, 0.15) is 5.69 Å². The molecule has 4 heteroatoms. The molecule has 3 rings (SSSR count). The van der Waals surface area contributed by atoms with Gasteiger partial charge in [-0.1, -0.05) is 42.5 Å². The van der Waals surface area contributed by atoms with Crippen LogP contribution in [0.4, 0.5) is 0 Å². The maximum absolute atomic E-state index is 5.27. The van der Waals surface area contributed by atoms with Crippen molar-refractivity contribution in [2.24, 2.45) is 0 Å². The topological polar surface area (TPSA) is 41.6 Å². The van der Waals surface area contributed by atoms with Crippen LogP contribution in [0.25, 0.3) is 22.6 Å². The van der Waals surface area contributed by atoms with Crippen LogP contribution in [0.2, 0.25) is 0 Å². The molecule has 0 radical (unpaired) electrons. The molecule has 0 aliphatic carbocycles. The molecule has 20 heavy (non-hydrogen) atoms. The molecule has 0 saturated carbocycles. The largest absolute Gasteiger partial charge is 0.339 e. The Morgan fingerprint density at radius 2 is 1.80 bits per heavy atom. The molecule has 0 amide bonds. The molecule has 0 saturated heterocycles. The van der Waals surface area contributed by atoms with Crippen LogP contribution < -0.4 is 0 Å². The summed E-state index contributed by atoms with van der Waals surface area (Å²) >= 11 is 5.27. The third kappa shape index (κ3) is 2.65. The third-order valence-corrected chi connectivity index (χ3v) is 3.21. The number of benzene rings is 1. The van der Waals surface area contributed by atoms with E-state index in [-0.39, 0.29) is 0 Å². The first-order valence-electron chi connectivity index (χ1n) is 6.32. The Hall–Kier alpha value is -2.33. The Morgan fingerprint density at radius 1 is 1.00 bits per heavy atom. The lowest BCUT2D eigenvalue weighted by Crippen LogP contribution is -1.93. The lowest BCUT2D eigenvalue weighted by molar-refractivity contribution is 1.15. The van der Waals surface area contributed by atoms with Gasteiger partial charge in [0.05, 0.1) is 5.69 Å². The van der Waals surface area contributed by atoms with Crippen LogP contribution >= 0.6 is 12.2 Å². The predicted octanol–water partition coefficient (Wildman–Crippen LogP) is 4.18. The van der Waals surface area contributed by atoms with E-state index in [0.717, 1.165) is 28.3 Å². The minimum Gasteiger partial charge on any atom is -0.339 e. The van der Waals surface area contributed by atoms with Gasteiger partial charge in [-0.25, -0.2) is 4.98 Å². The minimum absolute atomic E-state index is 0.576. The number of hydrogen-bond donors (Lipinski definition) is 1. The van der Waals surface area contributed by atoms with Gasteiger partial charge in [0, 0.05) is 23.0 Å². The Kier molecular flexibility index (Phi) is 3.39. The number of hydrogen-bond acceptors (Lipinski definition) is 3. The van der Waals surface area contributed by atoms with E-state index >= 15 is 0 Å². The van der Waals surface area contributed by atoms with Crippen molar-refractivity contribution in [2.45, 2.75) is 6.92 Å². The summed E-state index contributed by atoms with van der Waals surface area (Å²) in [5.74, 6) is 0.780. The van der Waals surface area contributed by atoms with Crippen molar-refractivity contribution in [1.29, 1.82) is 0 Å². The number of aromatic nitrogens is 3. The Morgan fingerprint density at radius 3 is 2.55 bits per heavy atom. The predicted molar refractivity (Wildman–Crippen MR) is 82.8 cm³/mol. The number of rotatable bonds is 2. The van der Waals surface area contributed by atoms with E-state index < -0.39 is 0 Å². The summed E-state index contributed by atoms with van der Waals surface area (Å²) in [6, 6.07) is 15.8. The van der Waals surface area contributed by atoms with Crippen LogP contribution in [0.3, 0.4) is 0 Å². The molecule has 0 bridgehead atoms. The summed E-state index contributed by atoms with van der Waals surface area (Å²) in [5, 5.41) is 0. The van der Waals surface area contributed by atoms with E-state index in [1.165, 1.54) is 0 Å². The van der Waals surface area contributed by atoms with E-state index in [2.05, 4.69) is 15.0 Å². The second-order valence-electron chi connectivity index (χ2n) is 4.53. The van der Waals surface area contributed by atoms with Crippen molar-refractivity contribution in [3.05, 3.63) is 65.1 Å². The summed E-state index contributed by atoms with van der Waals surface area (Å²) < 4.78 is 0.576. The van der Waals surface area contributed by atoms with Gasteiger partial charge in [0.15, 0.2) is 0 Å². The number of pyridine rings is 1. The van der Waals surface area contributed by atoms with Crippen molar-refractivity contribution in [2.75, 3.05) is 0 Å². The first-order chi connectivity index (χ1) is 9.72. The molecule has 98 valence electrons. The number of aryl methyl sites for hydroxylation is 1. The van der Waals surface area contributed by atoms with Gasteiger partial charge >= 0.3 is 0 Å². The zero-order valence-corrected chi connectivity index (χ0v) is 11.8. The maximum atomic E-state index is 5.27. The van der Waals surface area contributed by atoms with Gasteiger partial charge in [-0.3, -0.25) is 4.98 Å². The van der Waals surface area contributed by atoms with Crippen LogP contribution in [-0.2, 0) is 0 Å². The fourth-order valence-corrected chi connectivity index (χ4v) is 2.27. The van der Waals surface area contributed by atoms with Gasteiger partial charge < -0.3 is 4.98 Å². The Bertz CT molecular complexity index is 794. The molecule has 2 aromatic heterocycles. The molecular weight excluding hydrogens is 266 g/mol. The lowest BCUT2D eigenvalue weighted by atomic mass is 10.1. The molecule has 0 aliphatic rings. The molecule has 2 heterocycles. The summed E-state index contributed by atoms with van der Waals surface area (Å²) in [4.78, 5) is 11.9. The highest BCUT2D eigenvalue weighted by Gasteiger charge is 2.04. The first kappa shape index (κ1) is 12.7. The van der Waals surface area contributed by atoms with Gasteiger partial charge in [-0.15, -0.1) is 0 Å². The molecule has 0 aliphatic heterocycles. The molecule has 0 unspecified atom stereocenters. The Labute approximate surface area is 122 Å². The molecule has 3 nitrogen and oxygen atoms in total. The van der Waals surface area contributed by atoms with Crippen molar-refractivity contribution in [3.63, 3.8) is 0 Å². The monoisotopic (exact) mass is 279 g/mol. The molecule has 1 aromatic carbocycles. The highest BCUT2D eigenvalue weighted by molar-refractivity contribution is 7.71. The summed E-state index contributed by atoms with van der Waals surface area (Å²) in [6.07, 6.45) is 1.80. The van der Waals surface area contributed by atoms with Gasteiger partial charge in [-0.05, 0) is 25.1 Å². The van der Waals surface area contributed by atoms with E-state index in [1.807, 2.05) is 55.5 Å². The van der Waals surface area contributed by atoms with E-state index in [4.69, 9.17) is 12.2 Å². The van der Waals surface area contributed by atoms with Crippen molar-refractivity contribution in [1.82, 2.24) is 15.0 Å². The smallest absolute Gasteiger partial charge is 0.139 e. The first-order valence-corrected chi connectivity index (χ1v) is 6.73. The van der Waals surface area contributed by atoms with Crippen LogP contribution in [0.5, 0.6) is 0 Å². The molecule has 1 N–H and O–H groups in total. The molecular formula is C16H13N3S. The van der Waals surface area contributed by atoms with Gasteiger partial charge in [0.25, 0.3) is 0 Å². The Balaban J connectivity index is 2.15. The van der Waals surface area contributed by atoms with Crippen molar-refractivity contribution < 1.29 is 0 Å². The standard InChI is InChI=1S/C16H13N3S/c1-11-9-13(7-8-17-11)14-10-15(20)19-16(18-14)12-5-3-2-4-6-12/h2-10H,1H3,(H,18,19,20). The van der Waals surface area contributed by atoms with Crippen LogP contribution in [0.15, 0.2) is 54.7 Å². The zero-order chi connectivity index (χ0) is 13.9. The highest BCUT2D eigenvalue weighted by Crippen LogP contribution is 2.21. The molecule has 0 fully saturated rings. The third-order valence-electron chi connectivity index (χ3n) is 3.00. The SMILES string of the molecule is Cc1cc(-c2cc(=S)nc(-c3ccccc3)[nH]2)ccn1. The normalized spacial score (nSPS) is 10.4. The van der Waals surface area contributed by atoms with Crippen LogP contribution in [0, 0.1) is 11.6 Å². The maximum Gasteiger partial charge on any atom is 0.139 e. The van der Waals surface area contributed by atoms with Gasteiger partial charge in [0.2, 0.25) is 0 Å². The van der Waals surface area contributed by atoms with Gasteiger partial charge in [0.1, 0.15) is 10.5 Å². The number of nitrogens with one attached hydrogen (secondary N) is 1. The summed E-state index contributed by atoms with van der Waals surface area (Å²) in [6.45, 7) is 1.97. The quantitative estimate of drug-likeness (QED) is 0.716. The zero-order valence-electron chi connectivity index (χ0n) is 11.0. The highest BCUT2D eigenvalue weighted by atomic mass is 32.1. The van der Waals surface area contributed by atoms with Crippen molar-refractivity contribution in [3.8, 4) is 22.6 Å². The fourth-order valence-electron chi connectivity index (χ4n) is 2.06. The molecule has 0 spiro atoms. The molecule has 0 atom stereocenters. The van der Waals surface area contributed by atoms with Crippen molar-refractivity contribution >= 4 is 12.2 Å². The minimum atomic E-state index is 0.576. The second-order valence-corrected chi connectivity index (χ2v) is 4.95.